The number of para-hydroxylation sites is 3. The monoisotopic (exact) mass is 789 g/mol. The molecule has 0 aliphatic rings. The lowest BCUT2D eigenvalue weighted by atomic mass is 9.91. The van der Waals surface area contributed by atoms with Crippen LogP contribution >= 0.6 is 0 Å². The van der Waals surface area contributed by atoms with Crippen molar-refractivity contribution in [1.82, 2.24) is 24.1 Å². The topological polar surface area (TPSA) is 48.5 Å². The Labute approximate surface area is 356 Å². The Morgan fingerprint density at radius 2 is 0.661 bits per heavy atom. The molecular formula is C57H35N5. The molecule has 0 spiro atoms. The van der Waals surface area contributed by atoms with Crippen LogP contribution in [-0.4, -0.2) is 24.1 Å². The summed E-state index contributed by atoms with van der Waals surface area (Å²) in [5.74, 6) is 1.89. The third kappa shape index (κ3) is 5.12. The molecule has 3 heterocycles. The summed E-state index contributed by atoms with van der Waals surface area (Å²) in [4.78, 5) is 15.8. The van der Waals surface area contributed by atoms with Gasteiger partial charge in [-0.3, -0.25) is 0 Å². The van der Waals surface area contributed by atoms with E-state index in [0.29, 0.717) is 17.5 Å². The molecule has 0 N–H and O–H groups in total. The van der Waals surface area contributed by atoms with Gasteiger partial charge in [0.2, 0.25) is 0 Å². The van der Waals surface area contributed by atoms with Gasteiger partial charge in [-0.15, -0.1) is 0 Å². The van der Waals surface area contributed by atoms with Crippen molar-refractivity contribution < 1.29 is 0 Å². The molecule has 288 valence electrons. The van der Waals surface area contributed by atoms with Gasteiger partial charge >= 0.3 is 0 Å². The zero-order chi connectivity index (χ0) is 40.7. The normalized spacial score (nSPS) is 11.9. The molecule has 13 rings (SSSR count). The van der Waals surface area contributed by atoms with Gasteiger partial charge in [0.15, 0.2) is 17.5 Å². The molecule has 0 atom stereocenters. The maximum atomic E-state index is 5.36. The third-order valence-electron chi connectivity index (χ3n) is 12.5. The molecule has 62 heavy (non-hydrogen) atoms. The van der Waals surface area contributed by atoms with E-state index in [1.165, 1.54) is 48.7 Å². The van der Waals surface area contributed by atoms with E-state index in [1.54, 1.807) is 0 Å². The van der Waals surface area contributed by atoms with Crippen LogP contribution in [-0.2, 0) is 0 Å². The van der Waals surface area contributed by atoms with E-state index in [2.05, 4.69) is 185 Å². The van der Waals surface area contributed by atoms with E-state index < -0.39 is 0 Å². The second-order valence-electron chi connectivity index (χ2n) is 15.9. The summed E-state index contributed by atoms with van der Waals surface area (Å²) < 4.78 is 4.85. The molecule has 0 aliphatic carbocycles. The highest BCUT2D eigenvalue weighted by Crippen LogP contribution is 2.45. The maximum Gasteiger partial charge on any atom is 0.164 e. The highest BCUT2D eigenvalue weighted by molar-refractivity contribution is 6.30. The SMILES string of the molecule is c1ccc(-c2nc(-c3ccccc3)nc(-c3cc(-n4c5ccccc5c5c6c7ccccc7n(-c7ccccc7)c6ccc54)cc4c5ccccc5c5ccccc5c34)n2)cc1. The summed E-state index contributed by atoms with van der Waals surface area (Å²) in [6.07, 6.45) is 0. The predicted molar refractivity (Wildman–Crippen MR) is 257 cm³/mol. The Kier molecular flexibility index (Phi) is 7.54. The van der Waals surface area contributed by atoms with E-state index in [-0.39, 0.29) is 0 Å². The van der Waals surface area contributed by atoms with Gasteiger partial charge in [-0.05, 0) is 75.5 Å². The summed E-state index contributed by atoms with van der Waals surface area (Å²) in [5.41, 5.74) is 9.62. The van der Waals surface area contributed by atoms with Crippen molar-refractivity contribution in [3.8, 4) is 45.5 Å². The van der Waals surface area contributed by atoms with Gasteiger partial charge in [-0.25, -0.2) is 15.0 Å². The van der Waals surface area contributed by atoms with E-state index in [1.807, 2.05) is 36.4 Å². The fraction of sp³-hybridized carbons (Fsp3) is 0. The first-order valence-electron chi connectivity index (χ1n) is 21.0. The lowest BCUT2D eigenvalue weighted by molar-refractivity contribution is 1.07. The van der Waals surface area contributed by atoms with Gasteiger partial charge in [0.05, 0.1) is 22.1 Å². The van der Waals surface area contributed by atoms with Crippen molar-refractivity contribution in [2.75, 3.05) is 0 Å². The quantitative estimate of drug-likeness (QED) is 0.163. The highest BCUT2D eigenvalue weighted by atomic mass is 15.0. The van der Waals surface area contributed by atoms with Crippen LogP contribution in [0.4, 0.5) is 0 Å². The van der Waals surface area contributed by atoms with Crippen molar-refractivity contribution in [2.24, 2.45) is 0 Å². The molecule has 0 amide bonds. The van der Waals surface area contributed by atoms with E-state index in [0.717, 1.165) is 55.3 Å². The Bertz CT molecular complexity index is 3850. The molecule has 0 aliphatic heterocycles. The number of benzene rings is 10. The fourth-order valence-corrected chi connectivity index (χ4v) is 9.90. The van der Waals surface area contributed by atoms with E-state index >= 15 is 0 Å². The molecule has 0 unspecified atom stereocenters. The molecule has 10 aromatic carbocycles. The molecule has 5 heteroatoms. The Morgan fingerprint density at radius 1 is 0.258 bits per heavy atom. The smallest absolute Gasteiger partial charge is 0.164 e. The summed E-state index contributed by atoms with van der Waals surface area (Å²) in [5, 5.41) is 11.9. The fourth-order valence-electron chi connectivity index (χ4n) is 9.90. The maximum absolute atomic E-state index is 5.36. The minimum Gasteiger partial charge on any atom is -0.309 e. The lowest BCUT2D eigenvalue weighted by Crippen LogP contribution is -2.02. The second kappa shape index (κ2) is 13.6. The predicted octanol–water partition coefficient (Wildman–Crippen LogP) is 14.5. The van der Waals surface area contributed by atoms with Crippen LogP contribution in [0, 0.1) is 0 Å². The van der Waals surface area contributed by atoms with Gasteiger partial charge in [-0.2, -0.15) is 0 Å². The molecule has 5 nitrogen and oxygen atoms in total. The van der Waals surface area contributed by atoms with Crippen molar-refractivity contribution in [3.05, 3.63) is 212 Å². The van der Waals surface area contributed by atoms with Gasteiger partial charge in [0, 0.05) is 55.0 Å². The number of nitrogens with zero attached hydrogens (tertiary/aromatic N) is 5. The largest absolute Gasteiger partial charge is 0.309 e. The van der Waals surface area contributed by atoms with Crippen LogP contribution in [0.5, 0.6) is 0 Å². The molecular weight excluding hydrogens is 755 g/mol. The molecule has 3 aromatic heterocycles. The minimum atomic E-state index is 0.624. The third-order valence-corrected chi connectivity index (χ3v) is 12.5. The number of fused-ring (bicyclic) bond motifs is 13. The van der Waals surface area contributed by atoms with Crippen molar-refractivity contribution in [3.63, 3.8) is 0 Å². The van der Waals surface area contributed by atoms with E-state index in [4.69, 9.17) is 15.0 Å². The first-order valence-corrected chi connectivity index (χ1v) is 21.0. The van der Waals surface area contributed by atoms with Crippen LogP contribution in [0.15, 0.2) is 212 Å². The zero-order valence-electron chi connectivity index (χ0n) is 33.4. The Balaban J connectivity index is 1.19. The van der Waals surface area contributed by atoms with Gasteiger partial charge in [-0.1, -0.05) is 164 Å². The molecule has 0 bridgehead atoms. The molecule has 0 radical (unpaired) electrons. The van der Waals surface area contributed by atoms with Crippen LogP contribution in [0.2, 0.25) is 0 Å². The highest BCUT2D eigenvalue weighted by Gasteiger charge is 2.23. The Hall–Kier alpha value is -8.41. The van der Waals surface area contributed by atoms with Crippen molar-refractivity contribution in [1.29, 1.82) is 0 Å². The molecule has 0 saturated carbocycles. The minimum absolute atomic E-state index is 0.624. The van der Waals surface area contributed by atoms with Crippen LogP contribution in [0.1, 0.15) is 0 Å². The number of hydrogen-bond acceptors (Lipinski definition) is 3. The average molecular weight is 790 g/mol. The van der Waals surface area contributed by atoms with Gasteiger partial charge in [0.25, 0.3) is 0 Å². The Morgan fingerprint density at radius 3 is 1.21 bits per heavy atom. The molecule has 13 aromatic rings. The number of hydrogen-bond donors (Lipinski definition) is 0. The second-order valence-corrected chi connectivity index (χ2v) is 15.9. The van der Waals surface area contributed by atoms with Crippen LogP contribution in [0.3, 0.4) is 0 Å². The van der Waals surface area contributed by atoms with Crippen LogP contribution < -0.4 is 0 Å². The zero-order valence-corrected chi connectivity index (χ0v) is 33.4. The van der Waals surface area contributed by atoms with Gasteiger partial charge < -0.3 is 9.13 Å². The van der Waals surface area contributed by atoms with Crippen molar-refractivity contribution in [2.45, 2.75) is 0 Å². The average Bonchev–Trinajstić information content (AvgIpc) is 3.87. The standard InChI is InChI=1S/C57H35N5/c1-4-18-36(19-5-1)55-58-56(37-20-6-2-7-21-37)60-57(59-55)47-35-39(34-46-42-26-11-10-24-40(42)41-25-12-13-27-43(41)52(46)47)62-49-31-17-15-29-45(49)54-51(62)33-32-50-53(54)44-28-14-16-30-48(44)61(50)38-22-8-3-9-23-38/h1-35H. The van der Waals surface area contributed by atoms with Gasteiger partial charge in [0.1, 0.15) is 0 Å². The van der Waals surface area contributed by atoms with Crippen molar-refractivity contribution >= 4 is 75.9 Å². The summed E-state index contributed by atoms with van der Waals surface area (Å²) in [6, 6.07) is 75.6. The number of rotatable bonds is 5. The lowest BCUT2D eigenvalue weighted by Gasteiger charge is -2.18. The first-order chi connectivity index (χ1) is 30.8. The first kappa shape index (κ1) is 34.5. The van der Waals surface area contributed by atoms with Crippen LogP contribution in [0.25, 0.3) is 121 Å². The summed E-state index contributed by atoms with van der Waals surface area (Å²) >= 11 is 0. The molecule has 0 fully saturated rings. The van der Waals surface area contributed by atoms with E-state index in [9.17, 15) is 0 Å². The summed E-state index contributed by atoms with van der Waals surface area (Å²) in [7, 11) is 0. The summed E-state index contributed by atoms with van der Waals surface area (Å²) in [6.45, 7) is 0. The number of aromatic nitrogens is 5. The molecule has 0 saturated heterocycles.